The van der Waals surface area contributed by atoms with E-state index in [1.54, 1.807) is 48.5 Å². The van der Waals surface area contributed by atoms with Crippen LogP contribution < -0.4 is 24.8 Å². The van der Waals surface area contributed by atoms with Crippen molar-refractivity contribution in [3.05, 3.63) is 77.6 Å². The van der Waals surface area contributed by atoms with Crippen molar-refractivity contribution in [3.63, 3.8) is 0 Å². The third-order valence-electron chi connectivity index (χ3n) is 4.66. The van der Waals surface area contributed by atoms with Crippen molar-refractivity contribution in [2.75, 3.05) is 24.5 Å². The first-order valence-electron chi connectivity index (χ1n) is 9.46. The summed E-state index contributed by atoms with van der Waals surface area (Å²) in [5.41, 5.74) is 1.65. The van der Waals surface area contributed by atoms with E-state index in [1.807, 2.05) is 0 Å². The third kappa shape index (κ3) is 4.58. The number of carbonyl (C=O) groups excluding carboxylic acids is 2. The number of anilines is 2. The van der Waals surface area contributed by atoms with Crippen LogP contribution in [0.5, 0.6) is 17.2 Å². The molecule has 8 heteroatoms. The summed E-state index contributed by atoms with van der Waals surface area (Å²) in [4.78, 5) is 25.3. The average molecular weight is 422 g/mol. The molecule has 0 spiro atoms. The zero-order chi connectivity index (χ0) is 21.8. The lowest BCUT2D eigenvalue weighted by atomic mass is 10.1. The van der Waals surface area contributed by atoms with Gasteiger partial charge in [-0.15, -0.1) is 0 Å². The number of benzene rings is 3. The molecule has 158 valence electrons. The molecule has 7 nitrogen and oxygen atoms in total. The first kappa shape index (κ1) is 20.2. The molecule has 31 heavy (non-hydrogen) atoms. The fourth-order valence-corrected chi connectivity index (χ4v) is 3.16. The number of ether oxygens (including phenoxy) is 3. The zero-order valence-electron chi connectivity index (χ0n) is 16.6. The number of hydrogen-bond donors (Lipinski definition) is 2. The Balaban J connectivity index is 1.46. The summed E-state index contributed by atoms with van der Waals surface area (Å²) in [6.45, 7) is 0.139. The lowest BCUT2D eigenvalue weighted by Gasteiger charge is -2.12. The minimum Gasteiger partial charge on any atom is -0.494 e. The van der Waals surface area contributed by atoms with E-state index in [1.165, 1.54) is 19.2 Å². The van der Waals surface area contributed by atoms with Crippen molar-refractivity contribution in [1.82, 2.24) is 0 Å². The van der Waals surface area contributed by atoms with E-state index in [0.717, 1.165) is 0 Å². The molecule has 1 heterocycles. The maximum Gasteiger partial charge on any atom is 0.257 e. The molecule has 4 rings (SSSR count). The Hall–Kier alpha value is -4.07. The summed E-state index contributed by atoms with van der Waals surface area (Å²) >= 11 is 0. The van der Waals surface area contributed by atoms with E-state index >= 15 is 0 Å². The standard InChI is InChI=1S/C23H19FN2O5/c1-29-19-8-6-14(10-17(19)24)11-22(27)26-18-5-3-2-4-16(18)23(28)25-15-7-9-20-21(12-15)31-13-30-20/h2-10,12H,11,13H2,1H3,(H,25,28)(H,26,27). The van der Waals surface area contributed by atoms with Gasteiger partial charge in [0.1, 0.15) is 0 Å². The summed E-state index contributed by atoms with van der Waals surface area (Å²) in [6, 6.07) is 16.0. The van der Waals surface area contributed by atoms with Crippen LogP contribution >= 0.6 is 0 Å². The molecule has 0 fully saturated rings. The second-order valence-corrected chi connectivity index (χ2v) is 6.76. The Morgan fingerprint density at radius 2 is 1.81 bits per heavy atom. The molecule has 1 aliphatic rings. The topological polar surface area (TPSA) is 85.9 Å². The Kier molecular flexibility index (Phi) is 5.70. The number of rotatable bonds is 6. The summed E-state index contributed by atoms with van der Waals surface area (Å²) < 4.78 is 29.3. The van der Waals surface area contributed by atoms with Crippen LogP contribution in [0, 0.1) is 5.82 Å². The van der Waals surface area contributed by atoms with Gasteiger partial charge in [-0.1, -0.05) is 18.2 Å². The van der Waals surface area contributed by atoms with E-state index < -0.39 is 11.7 Å². The van der Waals surface area contributed by atoms with E-state index in [2.05, 4.69) is 10.6 Å². The minimum absolute atomic E-state index is 0.0565. The van der Waals surface area contributed by atoms with Gasteiger partial charge >= 0.3 is 0 Å². The van der Waals surface area contributed by atoms with Gasteiger partial charge < -0.3 is 24.8 Å². The molecule has 0 saturated heterocycles. The van der Waals surface area contributed by atoms with Gasteiger partial charge in [0.05, 0.1) is 24.8 Å². The fraction of sp³-hybridized carbons (Fsp3) is 0.130. The molecular weight excluding hydrogens is 403 g/mol. The number of hydrogen-bond acceptors (Lipinski definition) is 5. The Bertz CT molecular complexity index is 1150. The number of fused-ring (bicyclic) bond motifs is 1. The Labute approximate surface area is 177 Å². The lowest BCUT2D eigenvalue weighted by Crippen LogP contribution is -2.19. The number of carbonyl (C=O) groups is 2. The summed E-state index contributed by atoms with van der Waals surface area (Å²) in [5.74, 6) is -0.0594. The number of amides is 2. The second kappa shape index (κ2) is 8.74. The first-order valence-corrected chi connectivity index (χ1v) is 9.46. The van der Waals surface area contributed by atoms with Crippen LogP contribution in [0.3, 0.4) is 0 Å². The zero-order valence-corrected chi connectivity index (χ0v) is 16.6. The van der Waals surface area contributed by atoms with E-state index in [9.17, 15) is 14.0 Å². The number of methoxy groups -OCH3 is 1. The van der Waals surface area contributed by atoms with Gasteiger partial charge in [0, 0.05) is 11.8 Å². The first-order chi connectivity index (χ1) is 15.0. The number of para-hydroxylation sites is 1. The molecule has 0 aromatic heterocycles. The fourth-order valence-electron chi connectivity index (χ4n) is 3.16. The monoisotopic (exact) mass is 422 g/mol. The van der Waals surface area contributed by atoms with Gasteiger partial charge in [0.25, 0.3) is 5.91 Å². The summed E-state index contributed by atoms with van der Waals surface area (Å²) in [7, 11) is 1.37. The normalized spacial score (nSPS) is 11.7. The van der Waals surface area contributed by atoms with Gasteiger partial charge in [0.15, 0.2) is 23.1 Å². The van der Waals surface area contributed by atoms with Gasteiger partial charge in [-0.25, -0.2) is 4.39 Å². The maximum atomic E-state index is 13.9. The van der Waals surface area contributed by atoms with E-state index in [4.69, 9.17) is 14.2 Å². The predicted octanol–water partition coefficient (Wildman–Crippen LogP) is 4.00. The number of halogens is 1. The highest BCUT2D eigenvalue weighted by molar-refractivity contribution is 6.10. The largest absolute Gasteiger partial charge is 0.494 e. The van der Waals surface area contributed by atoms with Crippen LogP contribution in [0.25, 0.3) is 0 Å². The van der Waals surface area contributed by atoms with Gasteiger partial charge in [-0.05, 0) is 42.0 Å². The average Bonchev–Trinajstić information content (AvgIpc) is 3.22. The molecule has 1 aliphatic heterocycles. The summed E-state index contributed by atoms with van der Waals surface area (Å²) in [5, 5.41) is 5.50. The second-order valence-electron chi connectivity index (χ2n) is 6.76. The van der Waals surface area contributed by atoms with Crippen molar-refractivity contribution in [1.29, 1.82) is 0 Å². The third-order valence-corrected chi connectivity index (χ3v) is 4.66. The van der Waals surface area contributed by atoms with Crippen molar-refractivity contribution in [3.8, 4) is 17.2 Å². The highest BCUT2D eigenvalue weighted by Crippen LogP contribution is 2.34. The SMILES string of the molecule is COc1ccc(CC(=O)Nc2ccccc2C(=O)Nc2ccc3c(c2)OCO3)cc1F. The molecule has 0 saturated carbocycles. The highest BCUT2D eigenvalue weighted by Gasteiger charge is 2.17. The van der Waals surface area contributed by atoms with Crippen LogP contribution in [0.4, 0.5) is 15.8 Å². The van der Waals surface area contributed by atoms with Crippen LogP contribution in [0.1, 0.15) is 15.9 Å². The molecule has 0 radical (unpaired) electrons. The highest BCUT2D eigenvalue weighted by atomic mass is 19.1. The van der Waals surface area contributed by atoms with Gasteiger partial charge in [-0.3, -0.25) is 9.59 Å². The van der Waals surface area contributed by atoms with Crippen molar-refractivity contribution in [2.45, 2.75) is 6.42 Å². The molecule has 0 aliphatic carbocycles. The van der Waals surface area contributed by atoms with Crippen LogP contribution in [0.2, 0.25) is 0 Å². The molecule has 3 aromatic carbocycles. The lowest BCUT2D eigenvalue weighted by molar-refractivity contribution is -0.115. The van der Waals surface area contributed by atoms with E-state index in [-0.39, 0.29) is 30.4 Å². The van der Waals surface area contributed by atoms with Crippen LogP contribution in [-0.4, -0.2) is 25.7 Å². The predicted molar refractivity (Wildman–Crippen MR) is 112 cm³/mol. The van der Waals surface area contributed by atoms with E-state index in [0.29, 0.717) is 28.4 Å². The molecule has 3 aromatic rings. The van der Waals surface area contributed by atoms with Gasteiger partial charge in [-0.2, -0.15) is 0 Å². The van der Waals surface area contributed by atoms with Crippen LogP contribution in [-0.2, 0) is 11.2 Å². The minimum atomic E-state index is -0.545. The Morgan fingerprint density at radius 3 is 2.61 bits per heavy atom. The van der Waals surface area contributed by atoms with Crippen molar-refractivity contribution < 1.29 is 28.2 Å². The maximum absolute atomic E-state index is 13.9. The van der Waals surface area contributed by atoms with Crippen molar-refractivity contribution >= 4 is 23.2 Å². The molecular formula is C23H19FN2O5. The smallest absolute Gasteiger partial charge is 0.257 e. The molecule has 0 bridgehead atoms. The molecule has 2 N–H and O–H groups in total. The molecule has 2 amide bonds. The number of nitrogens with one attached hydrogen (secondary N) is 2. The summed E-state index contributed by atoms with van der Waals surface area (Å²) in [6.07, 6.45) is -0.0565. The van der Waals surface area contributed by atoms with Crippen molar-refractivity contribution in [2.24, 2.45) is 0 Å². The molecule has 0 atom stereocenters. The Morgan fingerprint density at radius 1 is 1.00 bits per heavy atom. The van der Waals surface area contributed by atoms with Crippen LogP contribution in [0.15, 0.2) is 60.7 Å². The van der Waals surface area contributed by atoms with Gasteiger partial charge in [0.2, 0.25) is 12.7 Å². The molecule has 0 unspecified atom stereocenters. The quantitative estimate of drug-likeness (QED) is 0.627.